The minimum absolute atomic E-state index is 0.0506. The van der Waals surface area contributed by atoms with E-state index in [9.17, 15) is 4.79 Å². The van der Waals surface area contributed by atoms with Gasteiger partial charge in [-0.3, -0.25) is 4.79 Å². The van der Waals surface area contributed by atoms with Crippen LogP contribution in [0.4, 0.5) is 5.69 Å². The molecular weight excluding hydrogens is 334 g/mol. The molecule has 3 rings (SSSR count). The number of carbonyl (C=O) groups excluding carboxylic acids is 1. The van der Waals surface area contributed by atoms with Crippen molar-refractivity contribution in [2.45, 2.75) is 19.3 Å². The second kappa shape index (κ2) is 7.39. The lowest BCUT2D eigenvalue weighted by Gasteiger charge is -2.04. The molecule has 0 spiro atoms. The van der Waals surface area contributed by atoms with Gasteiger partial charge >= 0.3 is 0 Å². The number of hydrogen-bond acceptors (Lipinski definition) is 5. The van der Waals surface area contributed by atoms with Crippen molar-refractivity contribution >= 4 is 34.5 Å². The number of anilines is 1. The Labute approximate surface area is 142 Å². The number of halogens is 1. The van der Waals surface area contributed by atoms with Crippen LogP contribution >= 0.6 is 22.9 Å². The average molecular weight is 348 g/mol. The molecule has 0 aliphatic heterocycles. The molecule has 1 aromatic carbocycles. The first-order valence-electron chi connectivity index (χ1n) is 7.12. The van der Waals surface area contributed by atoms with E-state index in [1.165, 1.54) is 0 Å². The highest BCUT2D eigenvalue weighted by atomic mass is 35.5. The van der Waals surface area contributed by atoms with Gasteiger partial charge in [-0.2, -0.15) is 4.98 Å². The third kappa shape index (κ3) is 4.40. The molecule has 2 heterocycles. The Balaban J connectivity index is 1.46. The van der Waals surface area contributed by atoms with Crippen LogP contribution in [0.25, 0.3) is 10.7 Å². The summed E-state index contributed by atoms with van der Waals surface area (Å²) < 4.78 is 5.20. The summed E-state index contributed by atoms with van der Waals surface area (Å²) in [4.78, 5) is 17.2. The summed E-state index contributed by atoms with van der Waals surface area (Å²) in [5, 5.41) is 9.37. The van der Waals surface area contributed by atoms with Crippen molar-refractivity contribution in [1.29, 1.82) is 0 Å². The van der Waals surface area contributed by atoms with E-state index < -0.39 is 0 Å². The van der Waals surface area contributed by atoms with Gasteiger partial charge in [0, 0.05) is 23.6 Å². The van der Waals surface area contributed by atoms with E-state index in [1.54, 1.807) is 35.6 Å². The van der Waals surface area contributed by atoms with Crippen molar-refractivity contribution in [1.82, 2.24) is 10.1 Å². The zero-order valence-electron chi connectivity index (χ0n) is 12.2. The first kappa shape index (κ1) is 15.7. The van der Waals surface area contributed by atoms with Gasteiger partial charge in [0.25, 0.3) is 0 Å². The smallest absolute Gasteiger partial charge is 0.226 e. The van der Waals surface area contributed by atoms with Gasteiger partial charge in [-0.25, -0.2) is 0 Å². The Bertz CT molecular complexity index is 769. The molecule has 0 aliphatic rings. The molecule has 0 saturated carbocycles. The summed E-state index contributed by atoms with van der Waals surface area (Å²) in [7, 11) is 0. The standard InChI is InChI=1S/C16H14ClN3O2S/c17-11-6-8-12(9-7-11)18-14(21)4-1-5-15-19-16(20-22-15)13-3-2-10-23-13/h2-3,6-10H,1,4-5H2,(H,18,21). The number of rotatable bonds is 6. The maximum absolute atomic E-state index is 11.9. The van der Waals surface area contributed by atoms with Gasteiger partial charge < -0.3 is 9.84 Å². The number of amides is 1. The second-order valence-corrected chi connectivity index (χ2v) is 6.28. The zero-order chi connectivity index (χ0) is 16.1. The Morgan fingerprint density at radius 3 is 2.83 bits per heavy atom. The number of thiophene rings is 1. The van der Waals surface area contributed by atoms with Gasteiger partial charge in [0.05, 0.1) is 4.88 Å². The van der Waals surface area contributed by atoms with E-state index >= 15 is 0 Å². The van der Waals surface area contributed by atoms with E-state index in [0.717, 1.165) is 10.6 Å². The summed E-state index contributed by atoms with van der Waals surface area (Å²) in [6.07, 6.45) is 1.61. The van der Waals surface area contributed by atoms with Crippen LogP contribution in [-0.2, 0) is 11.2 Å². The maximum Gasteiger partial charge on any atom is 0.226 e. The fourth-order valence-electron chi connectivity index (χ4n) is 2.02. The van der Waals surface area contributed by atoms with Gasteiger partial charge in [0.2, 0.25) is 17.6 Å². The van der Waals surface area contributed by atoms with Gasteiger partial charge in [-0.15, -0.1) is 11.3 Å². The van der Waals surface area contributed by atoms with Gasteiger partial charge in [0.15, 0.2) is 0 Å². The van der Waals surface area contributed by atoms with Crippen LogP contribution in [0.15, 0.2) is 46.3 Å². The second-order valence-electron chi connectivity index (χ2n) is 4.90. The van der Waals surface area contributed by atoms with E-state index in [2.05, 4.69) is 15.5 Å². The largest absolute Gasteiger partial charge is 0.339 e. The molecule has 0 radical (unpaired) electrons. The third-order valence-corrected chi connectivity index (χ3v) is 4.25. The first-order valence-corrected chi connectivity index (χ1v) is 8.38. The first-order chi connectivity index (χ1) is 11.2. The van der Waals surface area contributed by atoms with Crippen LogP contribution in [0.1, 0.15) is 18.7 Å². The monoisotopic (exact) mass is 347 g/mol. The number of carbonyl (C=O) groups is 1. The van der Waals surface area contributed by atoms with E-state index in [1.807, 2.05) is 17.5 Å². The number of nitrogens with zero attached hydrogens (tertiary/aromatic N) is 2. The minimum Gasteiger partial charge on any atom is -0.339 e. The number of hydrogen-bond donors (Lipinski definition) is 1. The molecule has 23 heavy (non-hydrogen) atoms. The minimum atomic E-state index is -0.0506. The van der Waals surface area contributed by atoms with Crippen molar-refractivity contribution in [3.63, 3.8) is 0 Å². The zero-order valence-corrected chi connectivity index (χ0v) is 13.7. The van der Waals surface area contributed by atoms with Gasteiger partial charge in [0.1, 0.15) is 0 Å². The maximum atomic E-state index is 11.9. The van der Waals surface area contributed by atoms with Crippen LogP contribution in [0.3, 0.4) is 0 Å². The van der Waals surface area contributed by atoms with Crippen LogP contribution in [0.5, 0.6) is 0 Å². The topological polar surface area (TPSA) is 68.0 Å². The molecule has 0 atom stereocenters. The Kier molecular flexibility index (Phi) is 5.05. The van der Waals surface area contributed by atoms with Crippen molar-refractivity contribution < 1.29 is 9.32 Å². The molecule has 118 valence electrons. The molecule has 1 amide bonds. The molecule has 0 bridgehead atoms. The highest BCUT2D eigenvalue weighted by Crippen LogP contribution is 2.21. The predicted octanol–water partition coefficient (Wildman–Crippen LogP) is 4.41. The lowest BCUT2D eigenvalue weighted by atomic mass is 10.2. The molecule has 7 heteroatoms. The summed E-state index contributed by atoms with van der Waals surface area (Å²) >= 11 is 7.37. The third-order valence-electron chi connectivity index (χ3n) is 3.13. The summed E-state index contributed by atoms with van der Waals surface area (Å²) in [5.41, 5.74) is 0.733. The van der Waals surface area contributed by atoms with Crippen LogP contribution in [0.2, 0.25) is 5.02 Å². The van der Waals surface area contributed by atoms with E-state index in [-0.39, 0.29) is 5.91 Å². The number of nitrogens with one attached hydrogen (secondary N) is 1. The Hall–Kier alpha value is -2.18. The number of aromatic nitrogens is 2. The molecule has 0 unspecified atom stereocenters. The summed E-state index contributed by atoms with van der Waals surface area (Å²) in [5.74, 6) is 1.10. The van der Waals surface area contributed by atoms with Crippen molar-refractivity contribution in [3.8, 4) is 10.7 Å². The lowest BCUT2D eigenvalue weighted by Crippen LogP contribution is -2.11. The molecule has 3 aromatic rings. The fraction of sp³-hybridized carbons (Fsp3) is 0.188. The summed E-state index contributed by atoms with van der Waals surface area (Å²) in [6, 6.07) is 10.9. The van der Waals surface area contributed by atoms with Crippen LogP contribution < -0.4 is 5.32 Å². The molecule has 5 nitrogen and oxygen atoms in total. The SMILES string of the molecule is O=C(CCCc1nc(-c2cccs2)no1)Nc1ccc(Cl)cc1. The van der Waals surface area contributed by atoms with Crippen LogP contribution in [-0.4, -0.2) is 16.0 Å². The molecule has 0 fully saturated rings. The number of benzene rings is 1. The van der Waals surface area contributed by atoms with Crippen molar-refractivity contribution in [2.24, 2.45) is 0 Å². The number of aryl methyl sites for hydroxylation is 1. The quantitative estimate of drug-likeness (QED) is 0.717. The highest BCUT2D eigenvalue weighted by molar-refractivity contribution is 7.13. The van der Waals surface area contributed by atoms with Crippen molar-refractivity contribution in [2.75, 3.05) is 5.32 Å². The predicted molar refractivity (Wildman–Crippen MR) is 90.6 cm³/mol. The van der Waals surface area contributed by atoms with E-state index in [0.29, 0.717) is 36.0 Å². The lowest BCUT2D eigenvalue weighted by molar-refractivity contribution is -0.116. The highest BCUT2D eigenvalue weighted by Gasteiger charge is 2.10. The van der Waals surface area contributed by atoms with Crippen molar-refractivity contribution in [3.05, 3.63) is 52.7 Å². The fourth-order valence-corrected chi connectivity index (χ4v) is 2.79. The Morgan fingerprint density at radius 2 is 2.09 bits per heavy atom. The average Bonchev–Trinajstić information content (AvgIpc) is 3.20. The van der Waals surface area contributed by atoms with E-state index in [4.69, 9.17) is 16.1 Å². The van der Waals surface area contributed by atoms with Gasteiger partial charge in [-0.1, -0.05) is 22.8 Å². The Morgan fingerprint density at radius 1 is 1.26 bits per heavy atom. The molecule has 0 aliphatic carbocycles. The normalized spacial score (nSPS) is 10.7. The van der Waals surface area contributed by atoms with Crippen LogP contribution in [0, 0.1) is 0 Å². The molecule has 2 aromatic heterocycles. The molecule has 0 saturated heterocycles. The molecular formula is C16H14ClN3O2S. The summed E-state index contributed by atoms with van der Waals surface area (Å²) in [6.45, 7) is 0. The molecule has 1 N–H and O–H groups in total. The van der Waals surface area contributed by atoms with Gasteiger partial charge in [-0.05, 0) is 42.1 Å².